The Morgan fingerprint density at radius 2 is 1.68 bits per heavy atom. The molecule has 160 valence electrons. The molecule has 4 rings (SSSR count). The van der Waals surface area contributed by atoms with E-state index in [1.54, 1.807) is 11.3 Å². The lowest BCUT2D eigenvalue weighted by Crippen LogP contribution is -2.00. The molecule has 3 aromatic carbocycles. The predicted octanol–water partition coefficient (Wildman–Crippen LogP) is 6.43. The van der Waals surface area contributed by atoms with Crippen molar-refractivity contribution in [2.75, 3.05) is 13.2 Å². The summed E-state index contributed by atoms with van der Waals surface area (Å²) in [6.07, 6.45) is 0.847. The van der Waals surface area contributed by atoms with E-state index in [2.05, 4.69) is 29.6 Å². The number of ether oxygens (including phenoxy) is 2. The van der Waals surface area contributed by atoms with Crippen molar-refractivity contribution in [3.05, 3.63) is 77.3 Å². The third-order valence-electron chi connectivity index (χ3n) is 5.17. The maximum Gasteiger partial charge on any atom is 0.161 e. The molecule has 0 aliphatic heterocycles. The van der Waals surface area contributed by atoms with E-state index < -0.39 is 6.10 Å². The number of aliphatic hydroxyl groups excluding tert-OH is 1. The average molecular weight is 434 g/mol. The Morgan fingerprint density at radius 3 is 2.48 bits per heavy atom. The van der Waals surface area contributed by atoms with Gasteiger partial charge in [0.2, 0.25) is 0 Å². The van der Waals surface area contributed by atoms with Crippen LogP contribution in [0.15, 0.2) is 66.0 Å². The first kappa shape index (κ1) is 21.3. The van der Waals surface area contributed by atoms with Crippen LogP contribution in [0, 0.1) is 0 Å². The van der Waals surface area contributed by atoms with Gasteiger partial charge in [-0.15, -0.1) is 11.3 Å². The number of hydrogen-bond donors (Lipinski definition) is 1. The fourth-order valence-corrected chi connectivity index (χ4v) is 4.46. The highest BCUT2D eigenvalue weighted by atomic mass is 32.1. The van der Waals surface area contributed by atoms with E-state index in [1.807, 2.05) is 50.2 Å². The molecule has 4 nitrogen and oxygen atoms in total. The van der Waals surface area contributed by atoms with Gasteiger partial charge in [0.1, 0.15) is 5.01 Å². The summed E-state index contributed by atoms with van der Waals surface area (Å²) in [7, 11) is 0. The van der Waals surface area contributed by atoms with Gasteiger partial charge in [0.05, 0.1) is 25.0 Å². The second-order valence-electron chi connectivity index (χ2n) is 7.33. The summed E-state index contributed by atoms with van der Waals surface area (Å²) in [6, 6.07) is 20.3. The predicted molar refractivity (Wildman–Crippen MR) is 127 cm³/mol. The minimum Gasteiger partial charge on any atom is -0.490 e. The summed E-state index contributed by atoms with van der Waals surface area (Å²) < 4.78 is 11.4. The topological polar surface area (TPSA) is 51.6 Å². The van der Waals surface area contributed by atoms with Crippen molar-refractivity contribution in [3.8, 4) is 22.1 Å². The number of fused-ring (bicyclic) bond motifs is 1. The molecule has 1 heterocycles. The Balaban J connectivity index is 1.44. The fraction of sp³-hybridized carbons (Fsp3) is 0.269. The average Bonchev–Trinajstić information content (AvgIpc) is 3.28. The molecule has 0 saturated carbocycles. The summed E-state index contributed by atoms with van der Waals surface area (Å²) in [4.78, 5) is 4.78. The number of rotatable bonds is 9. The molecular formula is C26H27NO3S. The Kier molecular flexibility index (Phi) is 6.85. The molecule has 0 fully saturated rings. The summed E-state index contributed by atoms with van der Waals surface area (Å²) in [5.74, 6) is 1.49. The van der Waals surface area contributed by atoms with Crippen LogP contribution in [0.3, 0.4) is 0 Å². The van der Waals surface area contributed by atoms with Crippen molar-refractivity contribution in [3.63, 3.8) is 0 Å². The van der Waals surface area contributed by atoms with E-state index in [1.165, 1.54) is 5.39 Å². The maximum absolute atomic E-state index is 10.7. The summed E-state index contributed by atoms with van der Waals surface area (Å²) in [5, 5.41) is 16.0. The molecule has 31 heavy (non-hydrogen) atoms. The first-order chi connectivity index (χ1) is 15.2. The minimum absolute atomic E-state index is 0.509. The lowest BCUT2D eigenvalue weighted by atomic mass is 10.0. The van der Waals surface area contributed by atoms with E-state index in [9.17, 15) is 5.11 Å². The van der Waals surface area contributed by atoms with Gasteiger partial charge in [0.15, 0.2) is 11.5 Å². The third kappa shape index (κ3) is 5.06. The second-order valence-corrected chi connectivity index (χ2v) is 8.19. The Bertz CT molecular complexity index is 1150. The zero-order valence-corrected chi connectivity index (χ0v) is 18.7. The minimum atomic E-state index is -0.509. The van der Waals surface area contributed by atoms with Crippen molar-refractivity contribution in [2.24, 2.45) is 0 Å². The highest BCUT2D eigenvalue weighted by Gasteiger charge is 2.13. The zero-order chi connectivity index (χ0) is 21.6. The van der Waals surface area contributed by atoms with Gasteiger partial charge < -0.3 is 14.6 Å². The third-order valence-corrected chi connectivity index (χ3v) is 6.11. The summed E-state index contributed by atoms with van der Waals surface area (Å²) >= 11 is 1.61. The number of aromatic nitrogens is 1. The molecule has 0 aliphatic rings. The SMILES string of the molecule is CCOc1ccc(-c2nc(CCC(O)c3ccc4ccccc4c3)cs2)cc1OCC. The highest BCUT2D eigenvalue weighted by Crippen LogP contribution is 2.34. The standard InChI is InChI=1S/C26H27NO3S/c1-3-29-24-14-11-21(16-25(24)30-4-2)26-27-22(17-31-26)12-13-23(28)20-10-9-18-7-5-6-8-19(18)15-20/h5-11,14-17,23,28H,3-4,12-13H2,1-2H3. The van der Waals surface area contributed by atoms with Gasteiger partial charge in [-0.2, -0.15) is 0 Å². The first-order valence-electron chi connectivity index (χ1n) is 10.7. The maximum atomic E-state index is 10.7. The lowest BCUT2D eigenvalue weighted by molar-refractivity contribution is 0.167. The van der Waals surface area contributed by atoms with E-state index >= 15 is 0 Å². The van der Waals surface area contributed by atoms with E-state index in [4.69, 9.17) is 14.5 Å². The zero-order valence-electron chi connectivity index (χ0n) is 17.9. The Hall–Kier alpha value is -2.89. The van der Waals surface area contributed by atoms with Crippen molar-refractivity contribution < 1.29 is 14.6 Å². The highest BCUT2D eigenvalue weighted by molar-refractivity contribution is 7.13. The van der Waals surface area contributed by atoms with Crippen molar-refractivity contribution >= 4 is 22.1 Å². The molecule has 0 amide bonds. The molecule has 1 N–H and O–H groups in total. The Labute approximate surface area is 187 Å². The second kappa shape index (κ2) is 9.94. The van der Waals surface area contributed by atoms with E-state index in [0.29, 0.717) is 19.6 Å². The van der Waals surface area contributed by atoms with Crippen molar-refractivity contribution in [2.45, 2.75) is 32.8 Å². The van der Waals surface area contributed by atoms with Crippen LogP contribution in [0.2, 0.25) is 0 Å². The van der Waals surface area contributed by atoms with Gasteiger partial charge in [0.25, 0.3) is 0 Å². The number of nitrogens with zero attached hydrogens (tertiary/aromatic N) is 1. The van der Waals surface area contributed by atoms with Crippen LogP contribution >= 0.6 is 11.3 Å². The largest absolute Gasteiger partial charge is 0.490 e. The molecule has 1 aromatic heterocycles. The van der Waals surface area contributed by atoms with Crippen LogP contribution in [0.25, 0.3) is 21.3 Å². The molecule has 1 atom stereocenters. The van der Waals surface area contributed by atoms with E-state index in [0.717, 1.165) is 45.1 Å². The molecule has 0 saturated heterocycles. The molecule has 0 radical (unpaired) electrons. The van der Waals surface area contributed by atoms with Gasteiger partial charge in [-0.1, -0.05) is 36.4 Å². The molecule has 5 heteroatoms. The lowest BCUT2D eigenvalue weighted by Gasteiger charge is -2.12. The first-order valence-corrected chi connectivity index (χ1v) is 11.6. The van der Waals surface area contributed by atoms with Gasteiger partial charge in [-0.3, -0.25) is 0 Å². The quantitative estimate of drug-likeness (QED) is 0.331. The molecule has 4 aromatic rings. The number of aryl methyl sites for hydroxylation is 1. The molecule has 1 unspecified atom stereocenters. The normalized spacial score (nSPS) is 12.1. The van der Waals surface area contributed by atoms with Gasteiger partial charge >= 0.3 is 0 Å². The number of benzene rings is 3. The summed E-state index contributed by atoms with van der Waals surface area (Å²) in [6.45, 7) is 5.10. The van der Waals surface area contributed by atoms with E-state index in [-0.39, 0.29) is 0 Å². The monoisotopic (exact) mass is 433 g/mol. The molecule has 0 spiro atoms. The van der Waals surface area contributed by atoms with Gasteiger partial charge in [0, 0.05) is 10.9 Å². The van der Waals surface area contributed by atoms with Crippen molar-refractivity contribution in [1.82, 2.24) is 4.98 Å². The molecular weight excluding hydrogens is 406 g/mol. The summed E-state index contributed by atoms with van der Waals surface area (Å²) in [5.41, 5.74) is 2.95. The molecule has 0 bridgehead atoms. The van der Waals surface area contributed by atoms with Crippen LogP contribution < -0.4 is 9.47 Å². The van der Waals surface area contributed by atoms with Crippen molar-refractivity contribution in [1.29, 1.82) is 0 Å². The van der Waals surface area contributed by atoms with Crippen LogP contribution in [-0.2, 0) is 6.42 Å². The molecule has 0 aliphatic carbocycles. The van der Waals surface area contributed by atoms with Gasteiger partial charge in [-0.25, -0.2) is 4.98 Å². The Morgan fingerprint density at radius 1 is 0.903 bits per heavy atom. The number of thiazole rings is 1. The smallest absolute Gasteiger partial charge is 0.161 e. The number of aliphatic hydroxyl groups is 1. The van der Waals surface area contributed by atoms with Crippen LogP contribution in [0.5, 0.6) is 11.5 Å². The van der Waals surface area contributed by atoms with Crippen LogP contribution in [-0.4, -0.2) is 23.3 Å². The van der Waals surface area contributed by atoms with Gasteiger partial charge in [-0.05, 0) is 67.3 Å². The fourth-order valence-electron chi connectivity index (χ4n) is 3.60. The number of hydrogen-bond acceptors (Lipinski definition) is 5. The van der Waals surface area contributed by atoms with Crippen LogP contribution in [0.1, 0.15) is 37.6 Å². The van der Waals surface area contributed by atoms with Crippen LogP contribution in [0.4, 0.5) is 0 Å².